The summed E-state index contributed by atoms with van der Waals surface area (Å²) < 4.78 is 116. The minimum atomic E-state index is -2.53. The Labute approximate surface area is 535 Å². The van der Waals surface area contributed by atoms with Crippen molar-refractivity contribution in [2.75, 3.05) is 0 Å². The van der Waals surface area contributed by atoms with Gasteiger partial charge >= 0.3 is 146 Å². The van der Waals surface area contributed by atoms with Gasteiger partial charge in [-0.3, -0.25) is 0 Å². The summed E-state index contributed by atoms with van der Waals surface area (Å²) in [6, 6.07) is 0. The van der Waals surface area contributed by atoms with Gasteiger partial charge in [0.25, 0.3) is 0 Å². The lowest BCUT2D eigenvalue weighted by Gasteiger charge is -2.50. The zero-order valence-electron chi connectivity index (χ0n) is 61.5. The quantitative estimate of drug-likeness (QED) is 0.210. The summed E-state index contributed by atoms with van der Waals surface area (Å²) in [4.78, 5) is 0. The van der Waals surface area contributed by atoms with Crippen LogP contribution in [0.15, 0.2) is 0 Å². The van der Waals surface area contributed by atoms with E-state index < -0.39 is 151 Å². The van der Waals surface area contributed by atoms with Crippen LogP contribution in [0, 0.1) is 0 Å². The second kappa shape index (κ2) is 29.5. The van der Waals surface area contributed by atoms with Crippen molar-refractivity contribution in [3.8, 4) is 0 Å². The molecule has 0 aliphatic carbocycles. The Bertz CT molecular complexity index is 1980. The number of rotatable bonds is 8. The Morgan fingerprint density at radius 1 is 0.202 bits per heavy atom. The second-order valence-electron chi connectivity index (χ2n) is 30.7. The predicted octanol–water partition coefficient (Wildman–Crippen LogP) is 17.6. The maximum absolute atomic E-state index is 6.79. The molecule has 4 heterocycles. The van der Waals surface area contributed by atoms with E-state index in [1.807, 2.05) is 13.8 Å². The molecular weight excluding hydrogens is 1350 g/mol. The van der Waals surface area contributed by atoms with Gasteiger partial charge in [0.2, 0.25) is 0 Å². The maximum atomic E-state index is 6.79. The van der Waals surface area contributed by atoms with E-state index >= 15 is 0 Å². The lowest BCUT2D eigenvalue weighted by atomic mass is 10.4. The average Bonchev–Trinajstić information content (AvgIpc) is 3.14. The molecule has 0 radical (unpaired) electrons. The Balaban J connectivity index is 0.000000571. The van der Waals surface area contributed by atoms with E-state index in [9.17, 15) is 0 Å². The van der Waals surface area contributed by atoms with E-state index in [0.717, 1.165) is 25.7 Å². The third-order valence-electron chi connectivity index (χ3n) is 14.5. The highest BCUT2D eigenvalue weighted by Crippen LogP contribution is 2.42. The fourth-order valence-corrected chi connectivity index (χ4v) is 102. The normalized spacial score (nSPS) is 31.4. The molecule has 5 unspecified atom stereocenters. The molecule has 4 saturated heterocycles. The Kier molecular flexibility index (Phi) is 29.9. The summed E-state index contributed by atoms with van der Waals surface area (Å²) in [5.41, 5.74) is 1.69. The smallest absolute Gasteiger partial charge is 0.331 e. The molecular formula is C49H132O18Si17. The molecule has 5 atom stereocenters. The lowest BCUT2D eigenvalue weighted by molar-refractivity contribution is -0.142. The molecule has 0 N–H and O–H groups in total. The molecule has 4 rings (SSSR count). The van der Waals surface area contributed by atoms with Crippen molar-refractivity contribution in [2.24, 2.45) is 0 Å². The van der Waals surface area contributed by atoms with Crippen LogP contribution in [0.5, 0.6) is 0 Å². The van der Waals surface area contributed by atoms with Gasteiger partial charge in [0.05, 0.1) is 0 Å². The van der Waals surface area contributed by atoms with Crippen LogP contribution in [-0.2, 0) is 74.7 Å². The van der Waals surface area contributed by atoms with E-state index in [0.29, 0.717) is 22.2 Å². The first-order valence-corrected chi connectivity index (χ1v) is 77.5. The van der Waals surface area contributed by atoms with Crippen molar-refractivity contribution in [3.05, 3.63) is 0 Å². The van der Waals surface area contributed by atoms with Gasteiger partial charge in [-0.1, -0.05) is 81.1 Å². The molecule has 0 amide bonds. The van der Waals surface area contributed by atoms with Crippen LogP contribution in [0.4, 0.5) is 0 Å². The van der Waals surface area contributed by atoms with Crippen LogP contribution in [0.3, 0.4) is 0 Å². The molecule has 4 aliphatic heterocycles. The molecule has 0 aromatic heterocycles. The third-order valence-corrected chi connectivity index (χ3v) is 85.7. The standard InChI is InChI=1S/C15H42O6Si6.C13H36O5Si5.C11H30O4Si4.C10H24O3Si2/c1-14-15(2)27(13)20-25(9,10)18-23(5,6)16-22(3,4)17-24(7,8)19-26(11,12)21-27;1-12-13(2)23(11)17-21(7,8)15-19(3,4)14-20(5,6)16-22(9,10)18-23;1-10-11(2)19(9)14-17(5,6)12-16(3,4)13-18(7,8)15-19;1-8-9(2)15(7)12-10(3,4)11-14(5,6)13-15/h15H,14H2,1-13H3;13H,12H2,1-11H3;11H,10H2,1-9H3;9H,8H2,1-7H3. The highest BCUT2D eigenvalue weighted by atomic mass is 28.5. The Hall–Kier alpha value is 2.97. The number of hydrogen-bond donors (Lipinski definition) is 0. The van der Waals surface area contributed by atoms with Gasteiger partial charge in [-0.25, -0.2) is 0 Å². The van der Waals surface area contributed by atoms with Crippen LogP contribution in [0.1, 0.15) is 94.9 Å². The monoisotopic (exact) mass is 1480 g/mol. The maximum Gasteiger partial charge on any atom is 0.331 e. The predicted molar refractivity (Wildman–Crippen MR) is 386 cm³/mol. The molecule has 0 aromatic carbocycles. The molecule has 4 fully saturated rings. The van der Waals surface area contributed by atoms with Crippen molar-refractivity contribution in [3.63, 3.8) is 0 Å². The summed E-state index contributed by atoms with van der Waals surface area (Å²) in [6.45, 7) is 85.0. The average molecular weight is 1490 g/mol. The SMILES string of the molecule is CCC(C)[Si]1(C)OC(C)(C)O[Si](C)(C)O1.CCC(C)[Si]1(C)O[Si](C)(C)O[Si](C)(C)O[Si](C)(C)O1.CCC(C)[Si]1(C)O[Si](C)(C)O[Si](C)(C)O[Si](C)(C)O[Si](C)(C)O1.CCC(C)[Si]1(C)O[Si](C)(C)O[Si](C)(C)O[Si](C)(C)O[Si](C)(C)O[Si](C)(C)O1. The highest BCUT2D eigenvalue weighted by molar-refractivity contribution is 6.96. The van der Waals surface area contributed by atoms with Crippen molar-refractivity contribution in [2.45, 2.75) is 319 Å². The first-order valence-electron chi connectivity index (χ1n) is 31.3. The minimum Gasteiger partial charge on any atom is -0.416 e. The minimum absolute atomic E-state index is 0.341. The first kappa shape index (κ1) is 85.0. The van der Waals surface area contributed by atoms with Gasteiger partial charge < -0.3 is 74.7 Å². The van der Waals surface area contributed by atoms with E-state index in [2.05, 4.69) is 252 Å². The Morgan fingerprint density at radius 3 is 0.476 bits per heavy atom. The second-order valence-corrected chi connectivity index (χ2v) is 92.7. The van der Waals surface area contributed by atoms with E-state index in [4.69, 9.17) is 74.7 Å². The zero-order chi connectivity index (χ0) is 66.9. The van der Waals surface area contributed by atoms with Gasteiger partial charge in [0.15, 0.2) is 0 Å². The van der Waals surface area contributed by atoms with Crippen molar-refractivity contribution < 1.29 is 74.7 Å². The fourth-order valence-electron chi connectivity index (χ4n) is 12.5. The van der Waals surface area contributed by atoms with Crippen LogP contribution in [0.25, 0.3) is 0 Å². The molecule has 0 bridgehead atoms. The van der Waals surface area contributed by atoms with Gasteiger partial charge in [-0.15, -0.1) is 0 Å². The topological polar surface area (TPSA) is 166 Å². The summed E-state index contributed by atoms with van der Waals surface area (Å²) in [7, 11) is -39.3. The van der Waals surface area contributed by atoms with Gasteiger partial charge in [0.1, 0.15) is 5.79 Å². The molecule has 18 nitrogen and oxygen atoms in total. The van der Waals surface area contributed by atoms with E-state index in [1.54, 1.807) is 0 Å². The molecule has 4 aliphatic rings. The van der Waals surface area contributed by atoms with Gasteiger partial charge in [-0.05, 0) is 232 Å². The molecule has 0 aromatic rings. The molecule has 0 saturated carbocycles. The summed E-state index contributed by atoms with van der Waals surface area (Å²) in [6.07, 6.45) is 4.21. The number of hydrogen-bond acceptors (Lipinski definition) is 18. The lowest BCUT2D eigenvalue weighted by Crippen LogP contribution is -2.66. The summed E-state index contributed by atoms with van der Waals surface area (Å²) in [5.74, 6) is -0.474. The van der Waals surface area contributed by atoms with Crippen molar-refractivity contribution in [1.82, 2.24) is 0 Å². The largest absolute Gasteiger partial charge is 0.416 e. The van der Waals surface area contributed by atoms with Crippen molar-refractivity contribution in [1.29, 1.82) is 0 Å². The van der Waals surface area contributed by atoms with Crippen LogP contribution in [0.2, 0.25) is 219 Å². The van der Waals surface area contributed by atoms with Crippen LogP contribution in [-0.4, -0.2) is 151 Å². The molecule has 0 spiro atoms. The summed E-state index contributed by atoms with van der Waals surface area (Å²) in [5, 5.41) is 0. The fraction of sp³-hybridized carbons (Fsp3) is 1.00. The van der Waals surface area contributed by atoms with Crippen LogP contribution >= 0.6 is 0 Å². The van der Waals surface area contributed by atoms with E-state index in [-0.39, 0.29) is 0 Å². The zero-order valence-corrected chi connectivity index (χ0v) is 78.5. The third kappa shape index (κ3) is 29.3. The van der Waals surface area contributed by atoms with Gasteiger partial charge in [0, 0.05) is 0 Å². The first-order chi connectivity index (χ1) is 36.7. The van der Waals surface area contributed by atoms with Crippen LogP contribution < -0.4 is 0 Å². The molecule has 84 heavy (non-hydrogen) atoms. The Morgan fingerprint density at radius 2 is 0.333 bits per heavy atom. The molecule has 504 valence electrons. The van der Waals surface area contributed by atoms with Crippen molar-refractivity contribution >= 4 is 146 Å². The van der Waals surface area contributed by atoms with Gasteiger partial charge in [-0.2, -0.15) is 0 Å². The molecule has 35 heteroatoms. The summed E-state index contributed by atoms with van der Waals surface area (Å²) >= 11 is 0. The highest BCUT2D eigenvalue weighted by Gasteiger charge is 2.58. The van der Waals surface area contributed by atoms with E-state index in [1.165, 1.54) is 0 Å².